The van der Waals surface area contributed by atoms with E-state index >= 15 is 0 Å². The fourth-order valence-electron chi connectivity index (χ4n) is 5.03. The number of amides is 2. The van der Waals surface area contributed by atoms with Crippen molar-refractivity contribution >= 4 is 17.8 Å². The van der Waals surface area contributed by atoms with E-state index in [0.29, 0.717) is 0 Å². The molecule has 2 atom stereocenters. The molecule has 25 heavy (non-hydrogen) atoms. The number of hydrogen-bond acceptors (Lipinski definition) is 3. The molecule has 0 saturated carbocycles. The van der Waals surface area contributed by atoms with E-state index in [1.807, 2.05) is 48.5 Å². The Balaban J connectivity index is 1.74. The molecule has 0 radical (unpaired) electrons. The quantitative estimate of drug-likeness (QED) is 0.853. The first kappa shape index (κ1) is 14.4. The van der Waals surface area contributed by atoms with Crippen molar-refractivity contribution in [1.82, 2.24) is 4.90 Å². The molecule has 5 heteroatoms. The molecule has 2 amide bonds. The van der Waals surface area contributed by atoms with Crippen LogP contribution in [0, 0.1) is 11.8 Å². The molecule has 2 aromatic rings. The van der Waals surface area contributed by atoms with Gasteiger partial charge in [0, 0.05) is 11.8 Å². The molecular formula is C20H15NO4. The van der Waals surface area contributed by atoms with Crippen LogP contribution in [0.4, 0.5) is 0 Å². The van der Waals surface area contributed by atoms with Gasteiger partial charge in [0.25, 0.3) is 0 Å². The Hall–Kier alpha value is -2.95. The van der Waals surface area contributed by atoms with Crippen LogP contribution in [0.1, 0.15) is 34.1 Å². The molecule has 4 aliphatic rings. The van der Waals surface area contributed by atoms with Gasteiger partial charge in [-0.05, 0) is 22.3 Å². The predicted molar refractivity (Wildman–Crippen MR) is 87.9 cm³/mol. The first-order chi connectivity index (χ1) is 12.1. The molecule has 1 N–H and O–H groups in total. The van der Waals surface area contributed by atoms with E-state index in [1.54, 1.807) is 0 Å². The molecule has 1 aliphatic heterocycles. The molecule has 1 fully saturated rings. The van der Waals surface area contributed by atoms with Crippen LogP contribution in [0.2, 0.25) is 0 Å². The summed E-state index contributed by atoms with van der Waals surface area (Å²) in [6, 6.07) is 15.9. The number of carbonyl (C=O) groups is 3. The van der Waals surface area contributed by atoms with Crippen LogP contribution in [0.3, 0.4) is 0 Å². The maximum absolute atomic E-state index is 12.9. The summed E-state index contributed by atoms with van der Waals surface area (Å²) in [5.41, 5.74) is 4.35. The Morgan fingerprint density at radius 3 is 1.48 bits per heavy atom. The van der Waals surface area contributed by atoms with Gasteiger partial charge in [-0.1, -0.05) is 48.5 Å². The van der Waals surface area contributed by atoms with Crippen molar-refractivity contribution in [2.24, 2.45) is 11.8 Å². The first-order valence-electron chi connectivity index (χ1n) is 8.34. The third kappa shape index (κ3) is 1.70. The number of rotatable bonds is 2. The van der Waals surface area contributed by atoms with Crippen molar-refractivity contribution < 1.29 is 19.5 Å². The van der Waals surface area contributed by atoms with E-state index in [2.05, 4.69) is 0 Å². The van der Waals surface area contributed by atoms with E-state index in [4.69, 9.17) is 5.11 Å². The van der Waals surface area contributed by atoms with Crippen molar-refractivity contribution in [2.75, 3.05) is 6.54 Å². The number of carbonyl (C=O) groups excluding carboxylic acids is 2. The molecule has 2 aromatic carbocycles. The van der Waals surface area contributed by atoms with Gasteiger partial charge < -0.3 is 5.11 Å². The van der Waals surface area contributed by atoms with Gasteiger partial charge in [0.1, 0.15) is 6.54 Å². The Morgan fingerprint density at radius 1 is 0.800 bits per heavy atom. The minimum absolute atomic E-state index is 0.183. The average molecular weight is 333 g/mol. The molecule has 0 aromatic heterocycles. The number of carboxylic acids is 1. The van der Waals surface area contributed by atoms with Gasteiger partial charge in [-0.25, -0.2) is 0 Å². The summed E-state index contributed by atoms with van der Waals surface area (Å²) in [5, 5.41) is 9.09. The van der Waals surface area contributed by atoms with E-state index < -0.39 is 24.3 Å². The molecule has 124 valence electrons. The molecule has 5 nitrogen and oxygen atoms in total. The molecule has 0 spiro atoms. The van der Waals surface area contributed by atoms with Crippen molar-refractivity contribution in [2.45, 2.75) is 11.8 Å². The summed E-state index contributed by atoms with van der Waals surface area (Å²) >= 11 is 0. The number of imide groups is 1. The molecule has 0 unspecified atom stereocenters. The Morgan fingerprint density at radius 2 is 1.16 bits per heavy atom. The van der Waals surface area contributed by atoms with Gasteiger partial charge in [0.2, 0.25) is 11.8 Å². The highest BCUT2D eigenvalue weighted by Crippen LogP contribution is 2.60. The van der Waals surface area contributed by atoms with Crippen molar-refractivity contribution in [3.8, 4) is 0 Å². The highest BCUT2D eigenvalue weighted by molar-refractivity contribution is 6.09. The highest BCUT2D eigenvalue weighted by Gasteiger charge is 2.61. The molecule has 6 rings (SSSR count). The summed E-state index contributed by atoms with van der Waals surface area (Å²) in [4.78, 5) is 37.9. The normalized spacial score (nSPS) is 28.6. The first-order valence-corrected chi connectivity index (χ1v) is 8.34. The van der Waals surface area contributed by atoms with E-state index in [-0.39, 0.29) is 23.7 Å². The van der Waals surface area contributed by atoms with Crippen LogP contribution < -0.4 is 0 Å². The maximum Gasteiger partial charge on any atom is 0.323 e. The zero-order chi connectivity index (χ0) is 17.3. The fourth-order valence-corrected chi connectivity index (χ4v) is 5.03. The third-order valence-electron chi connectivity index (χ3n) is 5.83. The summed E-state index contributed by atoms with van der Waals surface area (Å²) in [5.74, 6) is -3.23. The monoisotopic (exact) mass is 333 g/mol. The SMILES string of the molecule is O=C(O)CN1C(=O)[C@@H]2C3c4ccccc4C(c4ccccc43)[C@H]2C1=O. The Bertz CT molecular complexity index is 835. The zero-order valence-corrected chi connectivity index (χ0v) is 13.3. The lowest BCUT2D eigenvalue weighted by molar-refractivity contribution is -0.149. The average Bonchev–Trinajstić information content (AvgIpc) is 2.87. The smallest absolute Gasteiger partial charge is 0.323 e. The number of hydrogen-bond donors (Lipinski definition) is 1. The second-order valence-electron chi connectivity index (χ2n) is 6.92. The summed E-state index contributed by atoms with van der Waals surface area (Å²) in [6.45, 7) is -0.559. The molecular weight excluding hydrogens is 318 g/mol. The van der Waals surface area contributed by atoms with Crippen LogP contribution in [-0.2, 0) is 14.4 Å². The standard InChI is InChI=1S/C20H15NO4/c22-14(23)9-21-19(24)17-15-10-5-1-2-6-11(10)16(18(17)20(21)25)13-8-4-3-7-12(13)15/h1-8,15-18H,9H2,(H,22,23)/t15?,16?,17-,18-/m1/s1. The summed E-state index contributed by atoms with van der Waals surface area (Å²) in [7, 11) is 0. The zero-order valence-electron chi connectivity index (χ0n) is 13.3. The van der Waals surface area contributed by atoms with Crippen molar-refractivity contribution in [3.05, 3.63) is 70.8 Å². The molecule has 2 bridgehead atoms. The van der Waals surface area contributed by atoms with Gasteiger partial charge in [0.15, 0.2) is 0 Å². The molecule has 1 saturated heterocycles. The fraction of sp³-hybridized carbons (Fsp3) is 0.250. The third-order valence-corrected chi connectivity index (χ3v) is 5.83. The second kappa shape index (κ2) is 4.79. The van der Waals surface area contributed by atoms with Crippen molar-refractivity contribution in [3.63, 3.8) is 0 Å². The lowest BCUT2D eigenvalue weighted by Gasteiger charge is -2.45. The maximum atomic E-state index is 12.9. The van der Waals surface area contributed by atoms with E-state index in [1.165, 1.54) is 0 Å². The van der Waals surface area contributed by atoms with Gasteiger partial charge in [0.05, 0.1) is 11.8 Å². The number of likely N-dealkylation sites (tertiary alicyclic amines) is 1. The summed E-state index contributed by atoms with van der Waals surface area (Å²) < 4.78 is 0. The van der Waals surface area contributed by atoms with Crippen molar-refractivity contribution in [1.29, 1.82) is 0 Å². The van der Waals surface area contributed by atoms with E-state index in [0.717, 1.165) is 27.2 Å². The lowest BCUT2D eigenvalue weighted by Crippen LogP contribution is -2.41. The second-order valence-corrected chi connectivity index (χ2v) is 6.92. The van der Waals surface area contributed by atoms with Gasteiger partial charge in [-0.2, -0.15) is 0 Å². The number of nitrogens with zero attached hydrogens (tertiary/aromatic N) is 1. The minimum atomic E-state index is -1.16. The summed E-state index contributed by atoms with van der Waals surface area (Å²) in [6.07, 6.45) is 0. The minimum Gasteiger partial charge on any atom is -0.480 e. The van der Waals surface area contributed by atoms with Crippen LogP contribution in [0.15, 0.2) is 48.5 Å². The predicted octanol–water partition coefficient (Wildman–Crippen LogP) is 1.96. The van der Waals surface area contributed by atoms with Gasteiger partial charge >= 0.3 is 5.97 Å². The lowest BCUT2D eigenvalue weighted by atomic mass is 9.55. The van der Waals surface area contributed by atoms with Crippen LogP contribution in [-0.4, -0.2) is 34.3 Å². The number of carboxylic acid groups (broad SMARTS) is 1. The Labute approximate surface area is 143 Å². The Kier molecular flexibility index (Phi) is 2.76. The van der Waals surface area contributed by atoms with E-state index in [9.17, 15) is 14.4 Å². The largest absolute Gasteiger partial charge is 0.480 e. The topological polar surface area (TPSA) is 74.7 Å². The molecule has 3 aliphatic carbocycles. The molecule has 1 heterocycles. The highest BCUT2D eigenvalue weighted by atomic mass is 16.4. The van der Waals surface area contributed by atoms with Crippen LogP contribution in [0.5, 0.6) is 0 Å². The van der Waals surface area contributed by atoms with Gasteiger partial charge in [-0.15, -0.1) is 0 Å². The van der Waals surface area contributed by atoms with Crippen LogP contribution in [0.25, 0.3) is 0 Å². The van der Waals surface area contributed by atoms with Crippen LogP contribution >= 0.6 is 0 Å². The number of aliphatic carboxylic acids is 1. The van der Waals surface area contributed by atoms with Gasteiger partial charge in [-0.3, -0.25) is 19.3 Å². The number of benzene rings is 2.